The van der Waals surface area contributed by atoms with Crippen molar-refractivity contribution in [1.82, 2.24) is 9.97 Å². The van der Waals surface area contributed by atoms with E-state index in [1.807, 2.05) is 24.3 Å². The molecule has 3 aromatic rings. The van der Waals surface area contributed by atoms with Gasteiger partial charge in [0.25, 0.3) is 0 Å². The molecule has 1 aliphatic rings. The number of aromatic nitrogens is 2. The molecule has 0 bridgehead atoms. The molecule has 1 aliphatic heterocycles. The van der Waals surface area contributed by atoms with E-state index in [9.17, 15) is 0 Å². The van der Waals surface area contributed by atoms with Crippen LogP contribution in [0.2, 0.25) is 10.3 Å². The Morgan fingerprint density at radius 1 is 1.04 bits per heavy atom. The summed E-state index contributed by atoms with van der Waals surface area (Å²) in [5.74, 6) is 0.884. The minimum absolute atomic E-state index is 0.281. The quantitative estimate of drug-likeness (QED) is 0.626. The Hall–Kier alpha value is -1.40. The molecule has 1 aromatic carbocycles. The van der Waals surface area contributed by atoms with Gasteiger partial charge in [-0.3, -0.25) is 0 Å². The van der Waals surface area contributed by atoms with E-state index in [4.69, 9.17) is 27.9 Å². The van der Waals surface area contributed by atoms with E-state index in [0.29, 0.717) is 13.2 Å². The number of morpholine rings is 1. The molecule has 4 nitrogen and oxygen atoms in total. The Morgan fingerprint density at radius 3 is 2.52 bits per heavy atom. The fraction of sp³-hybridized carbons (Fsp3) is 0.250. The Bertz CT molecular complexity index is 844. The van der Waals surface area contributed by atoms with E-state index in [0.717, 1.165) is 45.3 Å². The summed E-state index contributed by atoms with van der Waals surface area (Å²) in [5, 5.41) is 4.15. The van der Waals surface area contributed by atoms with Gasteiger partial charge in [0, 0.05) is 29.1 Å². The van der Waals surface area contributed by atoms with E-state index < -0.39 is 0 Å². The highest BCUT2D eigenvalue weighted by Crippen LogP contribution is 2.39. The average molecular weight is 366 g/mol. The smallest absolute Gasteiger partial charge is 0.225 e. The summed E-state index contributed by atoms with van der Waals surface area (Å²) in [6, 6.07) is 7.82. The second-order valence-electron chi connectivity index (χ2n) is 5.25. The van der Waals surface area contributed by atoms with Crippen molar-refractivity contribution in [3.8, 4) is 11.1 Å². The molecule has 0 spiro atoms. The van der Waals surface area contributed by atoms with Crippen molar-refractivity contribution in [2.75, 3.05) is 31.2 Å². The van der Waals surface area contributed by atoms with E-state index in [-0.39, 0.29) is 5.28 Å². The molecule has 0 amide bonds. The highest BCUT2D eigenvalue weighted by molar-refractivity contribution is 7.17. The fourth-order valence-electron chi connectivity index (χ4n) is 2.74. The van der Waals surface area contributed by atoms with Crippen LogP contribution in [0.4, 0.5) is 5.82 Å². The monoisotopic (exact) mass is 365 g/mol. The molecule has 4 rings (SSSR count). The molecule has 0 atom stereocenters. The van der Waals surface area contributed by atoms with E-state index >= 15 is 0 Å². The predicted molar refractivity (Wildman–Crippen MR) is 95.9 cm³/mol. The highest BCUT2D eigenvalue weighted by Gasteiger charge is 2.21. The van der Waals surface area contributed by atoms with Crippen molar-refractivity contribution < 1.29 is 4.74 Å². The number of nitrogens with zero attached hydrogens (tertiary/aromatic N) is 3. The largest absolute Gasteiger partial charge is 0.378 e. The Morgan fingerprint density at radius 2 is 1.78 bits per heavy atom. The third-order valence-corrected chi connectivity index (χ3v) is 5.15. The molecule has 118 valence electrons. The van der Waals surface area contributed by atoms with Crippen LogP contribution in [0.25, 0.3) is 21.3 Å². The van der Waals surface area contributed by atoms with Gasteiger partial charge in [-0.15, -0.1) is 11.3 Å². The average Bonchev–Trinajstić information content (AvgIpc) is 2.99. The molecule has 0 saturated carbocycles. The standard InChI is InChI=1S/C16H13Cl2N3OS/c17-11-3-1-10(2-4-11)12-9-23-15-13(12)14(19-16(18)20-15)21-5-7-22-8-6-21/h1-4,9H,5-8H2. The van der Waals surface area contributed by atoms with Crippen LogP contribution in [0.1, 0.15) is 0 Å². The van der Waals surface area contributed by atoms with Gasteiger partial charge in [0.15, 0.2) is 0 Å². The number of rotatable bonds is 2. The van der Waals surface area contributed by atoms with Crippen LogP contribution in [-0.4, -0.2) is 36.3 Å². The summed E-state index contributed by atoms with van der Waals surface area (Å²) in [5.41, 5.74) is 2.21. The Labute approximate surface area is 147 Å². The summed E-state index contributed by atoms with van der Waals surface area (Å²) < 4.78 is 5.44. The lowest BCUT2D eigenvalue weighted by Gasteiger charge is -2.28. The predicted octanol–water partition coefficient (Wildman–Crippen LogP) is 4.50. The molecule has 0 N–H and O–H groups in total. The molecule has 23 heavy (non-hydrogen) atoms. The number of anilines is 1. The summed E-state index contributed by atoms with van der Waals surface area (Å²) in [6.07, 6.45) is 0. The van der Waals surface area contributed by atoms with Crippen LogP contribution in [0.5, 0.6) is 0 Å². The molecular formula is C16H13Cl2N3OS. The molecule has 1 fully saturated rings. The van der Waals surface area contributed by atoms with E-state index in [2.05, 4.69) is 20.2 Å². The molecule has 0 radical (unpaired) electrons. The summed E-state index contributed by atoms with van der Waals surface area (Å²) in [6.45, 7) is 3.00. The number of hydrogen-bond acceptors (Lipinski definition) is 5. The fourth-order valence-corrected chi connectivity index (χ4v) is 4.03. The molecule has 0 aliphatic carbocycles. The van der Waals surface area contributed by atoms with Crippen molar-refractivity contribution in [3.05, 3.63) is 40.0 Å². The van der Waals surface area contributed by atoms with Crippen LogP contribution in [0.15, 0.2) is 29.6 Å². The number of halogens is 2. The van der Waals surface area contributed by atoms with E-state index in [1.165, 1.54) is 0 Å². The zero-order valence-electron chi connectivity index (χ0n) is 12.1. The first-order valence-corrected chi connectivity index (χ1v) is 8.89. The summed E-state index contributed by atoms with van der Waals surface area (Å²) >= 11 is 13.7. The zero-order valence-corrected chi connectivity index (χ0v) is 14.5. The molecule has 3 heterocycles. The van der Waals surface area contributed by atoms with Crippen LogP contribution in [-0.2, 0) is 4.74 Å². The maximum Gasteiger partial charge on any atom is 0.225 e. The van der Waals surface area contributed by atoms with Crippen LogP contribution in [0, 0.1) is 0 Å². The van der Waals surface area contributed by atoms with Gasteiger partial charge in [-0.2, -0.15) is 4.98 Å². The van der Waals surface area contributed by atoms with Gasteiger partial charge < -0.3 is 9.64 Å². The van der Waals surface area contributed by atoms with Gasteiger partial charge in [0.1, 0.15) is 10.6 Å². The Kier molecular flexibility index (Phi) is 4.11. The van der Waals surface area contributed by atoms with Gasteiger partial charge in [0.2, 0.25) is 5.28 Å². The number of thiophene rings is 1. The minimum atomic E-state index is 0.281. The molecule has 1 saturated heterocycles. The maximum atomic E-state index is 6.13. The lowest BCUT2D eigenvalue weighted by molar-refractivity contribution is 0.122. The second kappa shape index (κ2) is 6.24. The second-order valence-corrected chi connectivity index (χ2v) is 6.88. The van der Waals surface area contributed by atoms with Gasteiger partial charge in [-0.25, -0.2) is 4.98 Å². The topological polar surface area (TPSA) is 38.2 Å². The molecule has 7 heteroatoms. The number of ether oxygens (including phenoxy) is 1. The molecule has 2 aromatic heterocycles. The minimum Gasteiger partial charge on any atom is -0.378 e. The lowest BCUT2D eigenvalue weighted by atomic mass is 10.1. The Balaban J connectivity index is 1.90. The third kappa shape index (κ3) is 2.90. The van der Waals surface area contributed by atoms with Gasteiger partial charge in [-0.1, -0.05) is 23.7 Å². The van der Waals surface area contributed by atoms with Crippen molar-refractivity contribution in [2.45, 2.75) is 0 Å². The number of fused-ring (bicyclic) bond motifs is 1. The normalized spacial score (nSPS) is 15.3. The van der Waals surface area contributed by atoms with Crippen LogP contribution >= 0.6 is 34.5 Å². The third-order valence-electron chi connectivity index (χ3n) is 3.85. The van der Waals surface area contributed by atoms with Crippen molar-refractivity contribution in [1.29, 1.82) is 0 Å². The number of benzene rings is 1. The van der Waals surface area contributed by atoms with Crippen LogP contribution in [0.3, 0.4) is 0 Å². The van der Waals surface area contributed by atoms with Crippen molar-refractivity contribution >= 4 is 50.6 Å². The first kappa shape index (κ1) is 15.1. The SMILES string of the molecule is Clc1ccc(-c2csc3nc(Cl)nc(N4CCOCC4)c23)cc1. The maximum absolute atomic E-state index is 6.13. The summed E-state index contributed by atoms with van der Waals surface area (Å²) in [7, 11) is 0. The first-order valence-electron chi connectivity index (χ1n) is 7.26. The zero-order chi connectivity index (χ0) is 15.8. The summed E-state index contributed by atoms with van der Waals surface area (Å²) in [4.78, 5) is 12.0. The van der Waals surface area contributed by atoms with Crippen molar-refractivity contribution in [2.24, 2.45) is 0 Å². The lowest BCUT2D eigenvalue weighted by Crippen LogP contribution is -2.37. The highest BCUT2D eigenvalue weighted by atomic mass is 35.5. The molecular weight excluding hydrogens is 353 g/mol. The number of hydrogen-bond donors (Lipinski definition) is 0. The van der Waals surface area contributed by atoms with Gasteiger partial charge in [-0.05, 0) is 29.3 Å². The first-order chi connectivity index (χ1) is 11.2. The molecule has 0 unspecified atom stereocenters. The van der Waals surface area contributed by atoms with Crippen LogP contribution < -0.4 is 4.90 Å². The van der Waals surface area contributed by atoms with Gasteiger partial charge in [0.05, 0.1) is 18.6 Å². The van der Waals surface area contributed by atoms with Crippen molar-refractivity contribution in [3.63, 3.8) is 0 Å². The van der Waals surface area contributed by atoms with Gasteiger partial charge >= 0.3 is 0 Å². The van der Waals surface area contributed by atoms with E-state index in [1.54, 1.807) is 11.3 Å².